The topological polar surface area (TPSA) is 119 Å². The summed E-state index contributed by atoms with van der Waals surface area (Å²) in [5.41, 5.74) is -1.45. The van der Waals surface area contributed by atoms with Crippen molar-refractivity contribution >= 4 is 21.7 Å². The summed E-state index contributed by atoms with van der Waals surface area (Å²) >= 11 is 0. The number of rotatable bonds is 9. The Balaban J connectivity index is 2.93. The SMILES string of the molecule is COCCS(=O)(=O)c1ccc(C(=O)NC(C)(COC)C(=O)O)cc1. The van der Waals surface area contributed by atoms with Gasteiger partial charge in [-0.15, -0.1) is 0 Å². The molecule has 0 saturated carbocycles. The summed E-state index contributed by atoms with van der Waals surface area (Å²) in [6.07, 6.45) is 0. The molecule has 1 amide bonds. The summed E-state index contributed by atoms with van der Waals surface area (Å²) in [6, 6.07) is 5.25. The molecule has 0 saturated heterocycles. The molecule has 0 bridgehead atoms. The van der Waals surface area contributed by atoms with Gasteiger partial charge in [0.1, 0.15) is 0 Å². The number of amides is 1. The van der Waals surface area contributed by atoms with Gasteiger partial charge in [0, 0.05) is 19.8 Å². The number of ether oxygens (including phenoxy) is 2. The van der Waals surface area contributed by atoms with E-state index in [1.54, 1.807) is 0 Å². The zero-order valence-corrected chi connectivity index (χ0v) is 14.6. The fourth-order valence-corrected chi connectivity index (χ4v) is 3.06. The van der Waals surface area contributed by atoms with Gasteiger partial charge in [-0.2, -0.15) is 0 Å². The highest BCUT2D eigenvalue weighted by atomic mass is 32.2. The fourth-order valence-electron chi connectivity index (χ4n) is 1.89. The molecule has 0 aliphatic heterocycles. The standard InChI is InChI=1S/C15H21NO7S/c1-15(10-23-3,14(18)19)16-13(17)11-4-6-12(7-5-11)24(20,21)9-8-22-2/h4-7H,8-10H2,1-3H3,(H,16,17)(H,18,19). The predicted molar refractivity (Wildman–Crippen MR) is 85.8 cm³/mol. The first kappa shape index (κ1) is 20.1. The van der Waals surface area contributed by atoms with Crippen molar-refractivity contribution < 1.29 is 32.6 Å². The van der Waals surface area contributed by atoms with Gasteiger partial charge in [0.25, 0.3) is 5.91 Å². The average Bonchev–Trinajstić information content (AvgIpc) is 2.53. The van der Waals surface area contributed by atoms with Gasteiger partial charge in [0.2, 0.25) is 0 Å². The third-order valence-electron chi connectivity index (χ3n) is 3.33. The van der Waals surface area contributed by atoms with Crippen LogP contribution in [0.1, 0.15) is 17.3 Å². The monoisotopic (exact) mass is 359 g/mol. The van der Waals surface area contributed by atoms with E-state index in [-0.39, 0.29) is 29.4 Å². The largest absolute Gasteiger partial charge is 0.479 e. The van der Waals surface area contributed by atoms with Crippen molar-refractivity contribution in [3.8, 4) is 0 Å². The summed E-state index contributed by atoms with van der Waals surface area (Å²) in [5.74, 6) is -2.05. The predicted octanol–water partition coefficient (Wildman–Crippen LogP) is 0.326. The zero-order valence-electron chi connectivity index (χ0n) is 13.7. The Morgan fingerprint density at radius 3 is 2.21 bits per heavy atom. The van der Waals surface area contributed by atoms with Crippen LogP contribution < -0.4 is 5.32 Å². The Morgan fingerprint density at radius 1 is 1.17 bits per heavy atom. The van der Waals surface area contributed by atoms with Crippen LogP contribution in [0.2, 0.25) is 0 Å². The van der Waals surface area contributed by atoms with Crippen LogP contribution >= 0.6 is 0 Å². The number of carbonyl (C=O) groups excluding carboxylic acids is 1. The number of hydrogen-bond acceptors (Lipinski definition) is 6. The number of carbonyl (C=O) groups is 2. The maximum absolute atomic E-state index is 12.2. The Kier molecular flexibility index (Phi) is 6.88. The van der Waals surface area contributed by atoms with E-state index >= 15 is 0 Å². The minimum absolute atomic E-state index is 0.0639. The van der Waals surface area contributed by atoms with E-state index in [1.807, 2.05) is 0 Å². The first-order valence-electron chi connectivity index (χ1n) is 7.03. The fraction of sp³-hybridized carbons (Fsp3) is 0.467. The lowest BCUT2D eigenvalue weighted by molar-refractivity contribution is -0.145. The highest BCUT2D eigenvalue weighted by Gasteiger charge is 2.35. The Morgan fingerprint density at radius 2 is 1.75 bits per heavy atom. The van der Waals surface area contributed by atoms with Crippen LogP contribution in [0.5, 0.6) is 0 Å². The molecule has 9 heteroatoms. The summed E-state index contributed by atoms with van der Waals surface area (Å²) in [5, 5.41) is 11.6. The minimum atomic E-state index is -3.49. The molecular formula is C15H21NO7S. The van der Waals surface area contributed by atoms with Gasteiger partial charge < -0.3 is 19.9 Å². The second kappa shape index (κ2) is 8.22. The van der Waals surface area contributed by atoms with E-state index in [1.165, 1.54) is 45.4 Å². The maximum atomic E-state index is 12.2. The number of aliphatic carboxylic acids is 1. The van der Waals surface area contributed by atoms with Gasteiger partial charge >= 0.3 is 5.97 Å². The average molecular weight is 359 g/mol. The van der Waals surface area contributed by atoms with Gasteiger partial charge in [-0.1, -0.05) is 0 Å². The van der Waals surface area contributed by atoms with Gasteiger partial charge in [0.05, 0.1) is 23.9 Å². The molecule has 0 aromatic heterocycles. The molecule has 1 aromatic rings. The van der Waals surface area contributed by atoms with Gasteiger partial charge in [-0.05, 0) is 31.2 Å². The quantitative estimate of drug-likeness (QED) is 0.652. The molecule has 0 fully saturated rings. The molecule has 1 atom stereocenters. The summed E-state index contributed by atoms with van der Waals surface area (Å²) in [4.78, 5) is 23.5. The molecule has 8 nitrogen and oxygen atoms in total. The molecule has 0 aliphatic rings. The number of nitrogens with one attached hydrogen (secondary N) is 1. The minimum Gasteiger partial charge on any atom is -0.479 e. The number of methoxy groups -OCH3 is 2. The molecule has 0 heterocycles. The van der Waals surface area contributed by atoms with Crippen molar-refractivity contribution in [1.29, 1.82) is 0 Å². The molecule has 0 radical (unpaired) electrons. The normalized spacial score (nSPS) is 14.0. The van der Waals surface area contributed by atoms with Crippen LogP contribution in [0.3, 0.4) is 0 Å². The van der Waals surface area contributed by atoms with Crippen molar-refractivity contribution in [2.75, 3.05) is 33.2 Å². The summed E-state index contributed by atoms with van der Waals surface area (Å²) in [6.45, 7) is 1.18. The molecule has 0 aliphatic carbocycles. The van der Waals surface area contributed by atoms with E-state index in [0.29, 0.717) is 0 Å². The Bertz CT molecular complexity index is 684. The Labute approximate surface area is 140 Å². The van der Waals surface area contributed by atoms with Crippen molar-refractivity contribution in [1.82, 2.24) is 5.32 Å². The third-order valence-corrected chi connectivity index (χ3v) is 5.02. The van der Waals surface area contributed by atoms with E-state index in [4.69, 9.17) is 9.47 Å². The molecule has 1 rings (SSSR count). The van der Waals surface area contributed by atoms with Crippen LogP contribution in [0, 0.1) is 0 Å². The first-order valence-corrected chi connectivity index (χ1v) is 8.68. The molecule has 1 unspecified atom stereocenters. The van der Waals surface area contributed by atoms with E-state index in [0.717, 1.165) is 0 Å². The van der Waals surface area contributed by atoms with Crippen molar-refractivity contribution in [3.63, 3.8) is 0 Å². The lowest BCUT2D eigenvalue weighted by Gasteiger charge is -2.25. The number of hydrogen-bond donors (Lipinski definition) is 2. The molecule has 1 aromatic carbocycles. The molecule has 134 valence electrons. The highest BCUT2D eigenvalue weighted by Crippen LogP contribution is 2.14. The van der Waals surface area contributed by atoms with Crippen LogP contribution in [0.15, 0.2) is 29.2 Å². The van der Waals surface area contributed by atoms with Crippen molar-refractivity contribution in [3.05, 3.63) is 29.8 Å². The zero-order chi connectivity index (χ0) is 18.4. The van der Waals surface area contributed by atoms with Crippen LogP contribution in [0.25, 0.3) is 0 Å². The third kappa shape index (κ3) is 5.02. The van der Waals surface area contributed by atoms with Crippen LogP contribution in [-0.2, 0) is 24.1 Å². The van der Waals surface area contributed by atoms with Crippen LogP contribution in [-0.4, -0.2) is 64.1 Å². The Hall–Kier alpha value is -1.97. The molecular weight excluding hydrogens is 338 g/mol. The number of benzene rings is 1. The first-order chi connectivity index (χ1) is 11.2. The van der Waals surface area contributed by atoms with Gasteiger partial charge in [-0.25, -0.2) is 13.2 Å². The second-order valence-corrected chi connectivity index (χ2v) is 7.47. The highest BCUT2D eigenvalue weighted by molar-refractivity contribution is 7.91. The number of sulfone groups is 1. The lowest BCUT2D eigenvalue weighted by atomic mass is 10.0. The van der Waals surface area contributed by atoms with E-state index in [2.05, 4.69) is 5.32 Å². The van der Waals surface area contributed by atoms with E-state index < -0.39 is 27.3 Å². The number of carboxylic acid groups (broad SMARTS) is 1. The van der Waals surface area contributed by atoms with Gasteiger partial charge in [0.15, 0.2) is 15.4 Å². The lowest BCUT2D eigenvalue weighted by Crippen LogP contribution is -2.55. The van der Waals surface area contributed by atoms with Crippen molar-refractivity contribution in [2.24, 2.45) is 0 Å². The summed E-state index contributed by atoms with van der Waals surface area (Å²) in [7, 11) is -0.761. The van der Waals surface area contributed by atoms with Crippen LogP contribution in [0.4, 0.5) is 0 Å². The smallest absolute Gasteiger partial charge is 0.331 e. The molecule has 24 heavy (non-hydrogen) atoms. The molecule has 2 N–H and O–H groups in total. The van der Waals surface area contributed by atoms with Crippen molar-refractivity contribution in [2.45, 2.75) is 17.4 Å². The van der Waals surface area contributed by atoms with Gasteiger partial charge in [-0.3, -0.25) is 4.79 Å². The van der Waals surface area contributed by atoms with E-state index in [9.17, 15) is 23.1 Å². The number of carboxylic acids is 1. The second-order valence-electron chi connectivity index (χ2n) is 5.36. The maximum Gasteiger partial charge on any atom is 0.331 e. The molecule has 0 spiro atoms. The summed E-state index contributed by atoms with van der Waals surface area (Å²) < 4.78 is 33.6.